The molecule has 4 N–H and O–H groups in total. The standard InChI is InChI=1S/C21H28N4O4.HI/c1-4-22-21(25-15-10-11-18(29-5-2)19(14-15)28-3)24-13-12-23-20(27)16-8-6-7-9-17(16)26;/h6-11,14,26H,4-5,12-13H2,1-3H3,(H,23,27)(H2,22,24,25);1H. The smallest absolute Gasteiger partial charge is 0.255 e. The summed E-state index contributed by atoms with van der Waals surface area (Å²) in [6, 6.07) is 12.0. The molecule has 0 radical (unpaired) electrons. The first kappa shape index (κ1) is 25.3. The number of anilines is 1. The van der Waals surface area contributed by atoms with Crippen LogP contribution in [0.25, 0.3) is 0 Å². The van der Waals surface area contributed by atoms with Crippen LogP contribution in [0.4, 0.5) is 5.69 Å². The van der Waals surface area contributed by atoms with Gasteiger partial charge in [-0.15, -0.1) is 24.0 Å². The van der Waals surface area contributed by atoms with E-state index in [0.717, 1.165) is 5.69 Å². The lowest BCUT2D eigenvalue weighted by Crippen LogP contribution is -2.32. The fourth-order valence-electron chi connectivity index (χ4n) is 2.56. The Morgan fingerprint density at radius 2 is 1.87 bits per heavy atom. The third-order valence-electron chi connectivity index (χ3n) is 3.89. The van der Waals surface area contributed by atoms with E-state index < -0.39 is 0 Å². The summed E-state index contributed by atoms with van der Waals surface area (Å²) in [5.41, 5.74) is 1.03. The lowest BCUT2D eigenvalue weighted by atomic mass is 10.2. The van der Waals surface area contributed by atoms with E-state index in [4.69, 9.17) is 9.47 Å². The number of halogens is 1. The summed E-state index contributed by atoms with van der Waals surface area (Å²) in [7, 11) is 1.59. The first-order chi connectivity index (χ1) is 14.1. The highest BCUT2D eigenvalue weighted by Crippen LogP contribution is 2.30. The van der Waals surface area contributed by atoms with E-state index in [-0.39, 0.29) is 41.2 Å². The molecule has 0 saturated heterocycles. The Morgan fingerprint density at radius 3 is 2.53 bits per heavy atom. The monoisotopic (exact) mass is 528 g/mol. The van der Waals surface area contributed by atoms with Crippen LogP contribution < -0.4 is 25.4 Å². The fourth-order valence-corrected chi connectivity index (χ4v) is 2.56. The van der Waals surface area contributed by atoms with Crippen LogP contribution in [0.15, 0.2) is 47.5 Å². The number of carbonyl (C=O) groups is 1. The first-order valence-electron chi connectivity index (χ1n) is 9.51. The Balaban J connectivity index is 0.00000450. The van der Waals surface area contributed by atoms with Gasteiger partial charge in [0.1, 0.15) is 5.75 Å². The number of phenolic OH excluding ortho intramolecular Hbond substituents is 1. The highest BCUT2D eigenvalue weighted by molar-refractivity contribution is 14.0. The van der Waals surface area contributed by atoms with Gasteiger partial charge < -0.3 is 30.5 Å². The Labute approximate surface area is 194 Å². The predicted molar refractivity (Wildman–Crippen MR) is 130 cm³/mol. The largest absolute Gasteiger partial charge is 0.507 e. The highest BCUT2D eigenvalue weighted by Gasteiger charge is 2.09. The molecule has 0 aliphatic heterocycles. The third kappa shape index (κ3) is 7.62. The van der Waals surface area contributed by atoms with Crippen LogP contribution in [0, 0.1) is 0 Å². The normalized spacial score (nSPS) is 10.6. The van der Waals surface area contributed by atoms with Gasteiger partial charge in [0.05, 0.1) is 25.8 Å². The molecule has 9 heteroatoms. The number of hydrogen-bond acceptors (Lipinski definition) is 5. The number of methoxy groups -OCH3 is 1. The second-order valence-corrected chi connectivity index (χ2v) is 5.96. The maximum absolute atomic E-state index is 12.1. The number of rotatable bonds is 9. The lowest BCUT2D eigenvalue weighted by molar-refractivity contribution is 0.0952. The second-order valence-electron chi connectivity index (χ2n) is 5.96. The predicted octanol–water partition coefficient (Wildman–Crippen LogP) is 3.22. The number of amides is 1. The van der Waals surface area contributed by atoms with Gasteiger partial charge >= 0.3 is 0 Å². The van der Waals surface area contributed by atoms with Crippen LogP contribution >= 0.6 is 24.0 Å². The molecule has 0 unspecified atom stereocenters. The van der Waals surface area contributed by atoms with E-state index in [1.807, 2.05) is 32.0 Å². The van der Waals surface area contributed by atoms with Crippen molar-refractivity contribution in [2.24, 2.45) is 4.99 Å². The van der Waals surface area contributed by atoms with Crippen molar-refractivity contribution in [2.45, 2.75) is 13.8 Å². The average molecular weight is 528 g/mol. The maximum atomic E-state index is 12.1. The molecule has 8 nitrogen and oxygen atoms in total. The Hall–Kier alpha value is -2.69. The van der Waals surface area contributed by atoms with Crippen molar-refractivity contribution < 1.29 is 19.4 Å². The number of nitrogens with one attached hydrogen (secondary N) is 3. The zero-order valence-electron chi connectivity index (χ0n) is 17.4. The molecule has 0 aromatic heterocycles. The Bertz CT molecular complexity index is 846. The lowest BCUT2D eigenvalue weighted by Gasteiger charge is -2.14. The van der Waals surface area contributed by atoms with Crippen molar-refractivity contribution in [1.29, 1.82) is 0 Å². The molecular formula is C21H29IN4O4. The van der Waals surface area contributed by atoms with Crippen molar-refractivity contribution in [2.75, 3.05) is 38.7 Å². The molecule has 30 heavy (non-hydrogen) atoms. The van der Waals surface area contributed by atoms with Gasteiger partial charge in [-0.05, 0) is 38.1 Å². The van der Waals surface area contributed by atoms with E-state index >= 15 is 0 Å². The summed E-state index contributed by atoms with van der Waals surface area (Å²) < 4.78 is 10.9. The maximum Gasteiger partial charge on any atom is 0.255 e. The van der Waals surface area contributed by atoms with Crippen molar-refractivity contribution in [3.05, 3.63) is 48.0 Å². The number of aromatic hydroxyl groups is 1. The van der Waals surface area contributed by atoms with Crippen molar-refractivity contribution in [3.63, 3.8) is 0 Å². The molecule has 0 spiro atoms. The van der Waals surface area contributed by atoms with Gasteiger partial charge in [-0.2, -0.15) is 0 Å². The first-order valence-corrected chi connectivity index (χ1v) is 9.51. The van der Waals surface area contributed by atoms with Crippen LogP contribution in [0.3, 0.4) is 0 Å². The molecule has 0 heterocycles. The summed E-state index contributed by atoms with van der Waals surface area (Å²) >= 11 is 0. The van der Waals surface area contributed by atoms with Crippen molar-refractivity contribution in [1.82, 2.24) is 10.6 Å². The van der Waals surface area contributed by atoms with Gasteiger partial charge in [0.15, 0.2) is 17.5 Å². The van der Waals surface area contributed by atoms with Crippen LogP contribution in [0.5, 0.6) is 17.2 Å². The van der Waals surface area contributed by atoms with E-state index in [2.05, 4.69) is 20.9 Å². The topological polar surface area (TPSA) is 104 Å². The molecule has 2 aromatic carbocycles. The number of benzene rings is 2. The fraction of sp³-hybridized carbons (Fsp3) is 0.333. The van der Waals surface area contributed by atoms with Crippen LogP contribution in [0.2, 0.25) is 0 Å². The summed E-state index contributed by atoms with van der Waals surface area (Å²) in [6.45, 7) is 5.82. The summed E-state index contributed by atoms with van der Waals surface area (Å²) in [5, 5.41) is 18.8. The molecule has 0 aliphatic carbocycles. The summed E-state index contributed by atoms with van der Waals surface area (Å²) in [4.78, 5) is 16.6. The van der Waals surface area contributed by atoms with Gasteiger partial charge in [-0.1, -0.05) is 12.1 Å². The minimum absolute atomic E-state index is 0. The van der Waals surface area contributed by atoms with Gasteiger partial charge in [0.2, 0.25) is 0 Å². The van der Waals surface area contributed by atoms with E-state index in [0.29, 0.717) is 43.7 Å². The Kier molecular flexibility index (Phi) is 11.4. The number of phenols is 1. The number of para-hydroxylation sites is 1. The zero-order valence-corrected chi connectivity index (χ0v) is 19.7. The molecule has 0 bridgehead atoms. The molecular weight excluding hydrogens is 499 g/mol. The SMILES string of the molecule is CCNC(=NCCNC(=O)c1ccccc1O)Nc1ccc(OCC)c(OC)c1.I. The van der Waals surface area contributed by atoms with E-state index in [1.54, 1.807) is 25.3 Å². The van der Waals surface area contributed by atoms with Gasteiger partial charge in [-0.25, -0.2) is 0 Å². The number of aliphatic imine (C=N–C) groups is 1. The molecule has 164 valence electrons. The molecule has 2 aromatic rings. The molecule has 0 aliphatic rings. The molecule has 0 fully saturated rings. The minimum atomic E-state index is -0.340. The highest BCUT2D eigenvalue weighted by atomic mass is 127. The average Bonchev–Trinajstić information content (AvgIpc) is 2.72. The number of nitrogens with zero attached hydrogens (tertiary/aromatic N) is 1. The Morgan fingerprint density at radius 1 is 1.10 bits per heavy atom. The summed E-state index contributed by atoms with van der Waals surface area (Å²) in [6.07, 6.45) is 0. The van der Waals surface area contributed by atoms with Crippen LogP contribution in [-0.4, -0.2) is 50.3 Å². The third-order valence-corrected chi connectivity index (χ3v) is 3.89. The number of ether oxygens (including phenoxy) is 2. The second kappa shape index (κ2) is 13.5. The van der Waals surface area contributed by atoms with Crippen LogP contribution in [0.1, 0.15) is 24.2 Å². The van der Waals surface area contributed by atoms with E-state index in [1.165, 1.54) is 6.07 Å². The molecule has 0 atom stereocenters. The molecule has 0 saturated carbocycles. The van der Waals surface area contributed by atoms with Gasteiger partial charge in [0, 0.05) is 24.8 Å². The van der Waals surface area contributed by atoms with E-state index in [9.17, 15) is 9.90 Å². The van der Waals surface area contributed by atoms with Crippen molar-refractivity contribution >= 4 is 41.5 Å². The quantitative estimate of drug-likeness (QED) is 0.173. The van der Waals surface area contributed by atoms with Gasteiger partial charge in [0.25, 0.3) is 5.91 Å². The van der Waals surface area contributed by atoms with Crippen molar-refractivity contribution in [3.8, 4) is 17.2 Å². The van der Waals surface area contributed by atoms with Crippen LogP contribution in [-0.2, 0) is 0 Å². The summed E-state index contributed by atoms with van der Waals surface area (Å²) in [5.74, 6) is 1.49. The van der Waals surface area contributed by atoms with Gasteiger partial charge in [-0.3, -0.25) is 9.79 Å². The zero-order chi connectivity index (χ0) is 21.1. The number of guanidine groups is 1. The minimum Gasteiger partial charge on any atom is -0.507 e. The number of hydrogen-bond donors (Lipinski definition) is 4. The molecule has 2 rings (SSSR count). The molecule has 1 amide bonds. The number of carbonyl (C=O) groups excluding carboxylic acids is 1.